The van der Waals surface area contributed by atoms with Gasteiger partial charge in [-0.15, -0.1) is 0 Å². The molecule has 0 aliphatic carbocycles. The van der Waals surface area contributed by atoms with Crippen molar-refractivity contribution in [3.63, 3.8) is 0 Å². The van der Waals surface area contributed by atoms with Crippen LogP contribution in [0.4, 0.5) is 0 Å². The summed E-state index contributed by atoms with van der Waals surface area (Å²) in [6, 6.07) is 9.97. The average molecular weight is 253 g/mol. The lowest BCUT2D eigenvalue weighted by molar-refractivity contribution is -0.122. The molecular formula is C14H23NO3. The summed E-state index contributed by atoms with van der Waals surface area (Å²) >= 11 is 0. The highest BCUT2D eigenvalue weighted by Gasteiger charge is 1.95. The van der Waals surface area contributed by atoms with Crippen molar-refractivity contribution in [3.8, 4) is 0 Å². The quantitative estimate of drug-likeness (QED) is 0.722. The lowest BCUT2D eigenvalue weighted by atomic mass is 10.2. The number of amides is 1. The number of hydrogen-bond donors (Lipinski definition) is 1. The van der Waals surface area contributed by atoms with Gasteiger partial charge in [0.1, 0.15) is 6.61 Å². The maximum Gasteiger partial charge on any atom is 0.243 e. The molecule has 0 fully saturated rings. The van der Waals surface area contributed by atoms with Crippen LogP contribution in [0.5, 0.6) is 0 Å². The molecular weight excluding hydrogens is 230 g/mol. The van der Waals surface area contributed by atoms with Crippen LogP contribution in [0.25, 0.3) is 0 Å². The van der Waals surface area contributed by atoms with E-state index in [0.29, 0.717) is 19.8 Å². The molecule has 0 aliphatic rings. The molecule has 4 heteroatoms. The van der Waals surface area contributed by atoms with Gasteiger partial charge in [-0.3, -0.25) is 4.79 Å². The summed E-state index contributed by atoms with van der Waals surface area (Å²) in [6.45, 7) is 5.71. The van der Waals surface area contributed by atoms with Crippen molar-refractivity contribution >= 4 is 5.91 Å². The largest absolute Gasteiger partial charge is 0.377 e. The predicted molar refractivity (Wildman–Crippen MR) is 72.1 cm³/mol. The summed E-state index contributed by atoms with van der Waals surface area (Å²) in [6.07, 6.45) is 0.764. The van der Waals surface area contributed by atoms with Crippen LogP contribution < -0.4 is 5.73 Å². The molecule has 18 heavy (non-hydrogen) atoms. The second-order valence-electron chi connectivity index (χ2n) is 3.41. The zero-order valence-corrected chi connectivity index (χ0v) is 11.2. The second-order valence-corrected chi connectivity index (χ2v) is 3.41. The molecule has 0 bridgehead atoms. The Morgan fingerprint density at radius 2 is 1.72 bits per heavy atom. The van der Waals surface area contributed by atoms with Gasteiger partial charge in [-0.25, -0.2) is 0 Å². The van der Waals surface area contributed by atoms with Crippen LogP contribution in [-0.2, 0) is 20.9 Å². The molecule has 0 saturated heterocycles. The van der Waals surface area contributed by atoms with E-state index in [4.69, 9.17) is 15.2 Å². The van der Waals surface area contributed by atoms with Gasteiger partial charge in [0, 0.05) is 13.2 Å². The van der Waals surface area contributed by atoms with Gasteiger partial charge >= 0.3 is 0 Å². The first-order valence-electron chi connectivity index (χ1n) is 6.27. The fourth-order valence-electron chi connectivity index (χ4n) is 1.20. The number of primary amides is 1. The van der Waals surface area contributed by atoms with Gasteiger partial charge in [0.05, 0.1) is 6.61 Å². The molecule has 0 unspecified atom stereocenters. The van der Waals surface area contributed by atoms with Gasteiger partial charge in [-0.2, -0.15) is 0 Å². The molecule has 0 spiro atoms. The van der Waals surface area contributed by atoms with E-state index in [-0.39, 0.29) is 6.61 Å². The van der Waals surface area contributed by atoms with Crippen molar-refractivity contribution in [3.05, 3.63) is 35.9 Å². The van der Waals surface area contributed by atoms with Crippen molar-refractivity contribution in [1.82, 2.24) is 0 Å². The molecule has 0 atom stereocenters. The van der Waals surface area contributed by atoms with E-state index in [1.54, 1.807) is 0 Å². The summed E-state index contributed by atoms with van der Waals surface area (Å²) in [5, 5.41) is 0. The Morgan fingerprint density at radius 3 is 2.33 bits per heavy atom. The minimum absolute atomic E-state index is 0.0152. The van der Waals surface area contributed by atoms with Gasteiger partial charge in [0.25, 0.3) is 0 Å². The molecule has 1 rings (SSSR count). The SMILES string of the molecule is CC.NC(=O)COCCCOCc1ccccc1. The third kappa shape index (κ3) is 9.81. The van der Waals surface area contributed by atoms with Crippen molar-refractivity contribution in [2.24, 2.45) is 5.73 Å². The topological polar surface area (TPSA) is 61.6 Å². The summed E-state index contributed by atoms with van der Waals surface area (Å²) in [4.78, 5) is 10.3. The van der Waals surface area contributed by atoms with E-state index in [1.165, 1.54) is 0 Å². The van der Waals surface area contributed by atoms with E-state index >= 15 is 0 Å². The first-order valence-corrected chi connectivity index (χ1v) is 6.27. The number of nitrogens with two attached hydrogens (primary N) is 1. The maximum absolute atomic E-state index is 10.3. The summed E-state index contributed by atoms with van der Waals surface area (Å²) in [7, 11) is 0. The third-order valence-electron chi connectivity index (χ3n) is 1.93. The van der Waals surface area contributed by atoms with Crippen LogP contribution in [-0.4, -0.2) is 25.7 Å². The molecule has 0 saturated carbocycles. The van der Waals surface area contributed by atoms with E-state index in [9.17, 15) is 4.79 Å². The second kappa shape index (κ2) is 12.1. The Hall–Kier alpha value is -1.39. The number of benzene rings is 1. The Bertz CT molecular complexity index is 301. The molecule has 102 valence electrons. The highest BCUT2D eigenvalue weighted by atomic mass is 16.5. The van der Waals surface area contributed by atoms with Crippen LogP contribution in [0.1, 0.15) is 25.8 Å². The Morgan fingerprint density at radius 1 is 1.11 bits per heavy atom. The Balaban J connectivity index is 0.00000137. The molecule has 2 N–H and O–H groups in total. The van der Waals surface area contributed by atoms with Gasteiger partial charge in [0.2, 0.25) is 5.91 Å². The number of rotatable bonds is 8. The zero-order chi connectivity index (χ0) is 13.6. The zero-order valence-electron chi connectivity index (χ0n) is 11.2. The monoisotopic (exact) mass is 253 g/mol. The predicted octanol–water partition coefficient (Wildman–Crippen LogP) is 2.12. The van der Waals surface area contributed by atoms with Gasteiger partial charge < -0.3 is 15.2 Å². The summed E-state index contributed by atoms with van der Waals surface area (Å²) < 4.78 is 10.4. The number of ether oxygens (including phenoxy) is 2. The van der Waals surface area contributed by atoms with E-state index in [1.807, 2.05) is 44.2 Å². The highest BCUT2D eigenvalue weighted by Crippen LogP contribution is 2.00. The molecule has 0 aromatic heterocycles. The standard InChI is InChI=1S/C12H17NO3.C2H6/c13-12(14)10-16-8-4-7-15-9-11-5-2-1-3-6-11;1-2/h1-3,5-6H,4,7-10H2,(H2,13,14);1-2H3. The lowest BCUT2D eigenvalue weighted by Gasteiger charge is -2.04. The lowest BCUT2D eigenvalue weighted by Crippen LogP contribution is -2.18. The molecule has 1 amide bonds. The van der Waals surface area contributed by atoms with E-state index in [0.717, 1.165) is 12.0 Å². The fourth-order valence-corrected chi connectivity index (χ4v) is 1.20. The Kier molecular flexibility index (Phi) is 11.1. The number of carbonyl (C=O) groups is 1. The molecule has 0 heterocycles. The molecule has 0 radical (unpaired) electrons. The number of carbonyl (C=O) groups excluding carboxylic acids is 1. The van der Waals surface area contributed by atoms with Crippen molar-refractivity contribution in [2.45, 2.75) is 26.9 Å². The first-order chi connectivity index (χ1) is 8.79. The average Bonchev–Trinajstić information content (AvgIpc) is 2.41. The number of hydrogen-bond acceptors (Lipinski definition) is 3. The van der Waals surface area contributed by atoms with Crippen LogP contribution in [0.3, 0.4) is 0 Å². The minimum Gasteiger partial charge on any atom is -0.377 e. The third-order valence-corrected chi connectivity index (χ3v) is 1.93. The smallest absolute Gasteiger partial charge is 0.243 e. The van der Waals surface area contributed by atoms with Gasteiger partial charge in [-0.05, 0) is 12.0 Å². The fraction of sp³-hybridized carbons (Fsp3) is 0.500. The van der Waals surface area contributed by atoms with Crippen molar-refractivity contribution in [1.29, 1.82) is 0 Å². The normalized spacial score (nSPS) is 9.44. The highest BCUT2D eigenvalue weighted by molar-refractivity contribution is 5.74. The Labute approximate surface area is 109 Å². The molecule has 4 nitrogen and oxygen atoms in total. The van der Waals surface area contributed by atoms with Crippen molar-refractivity contribution in [2.75, 3.05) is 19.8 Å². The van der Waals surface area contributed by atoms with E-state index < -0.39 is 5.91 Å². The van der Waals surface area contributed by atoms with Crippen LogP contribution in [0.15, 0.2) is 30.3 Å². The van der Waals surface area contributed by atoms with Crippen molar-refractivity contribution < 1.29 is 14.3 Å². The van der Waals surface area contributed by atoms with Crippen LogP contribution in [0.2, 0.25) is 0 Å². The molecule has 1 aromatic carbocycles. The molecule has 0 aliphatic heterocycles. The maximum atomic E-state index is 10.3. The summed E-state index contributed by atoms with van der Waals surface area (Å²) in [5.74, 6) is -0.440. The van der Waals surface area contributed by atoms with Crippen LogP contribution in [0, 0.1) is 0 Å². The molecule has 1 aromatic rings. The van der Waals surface area contributed by atoms with E-state index in [2.05, 4.69) is 0 Å². The van der Waals surface area contributed by atoms with Crippen LogP contribution >= 0.6 is 0 Å². The van der Waals surface area contributed by atoms with Gasteiger partial charge in [0.15, 0.2) is 0 Å². The van der Waals surface area contributed by atoms with Gasteiger partial charge in [-0.1, -0.05) is 44.2 Å². The minimum atomic E-state index is -0.440. The first kappa shape index (κ1) is 16.6. The summed E-state index contributed by atoms with van der Waals surface area (Å²) in [5.41, 5.74) is 6.07.